The summed E-state index contributed by atoms with van der Waals surface area (Å²) in [5, 5.41) is 14.6. The average Bonchev–Trinajstić information content (AvgIpc) is 3.91. The molecule has 6 fully saturated rings. The van der Waals surface area contributed by atoms with Crippen molar-refractivity contribution in [2.24, 2.45) is 39.9 Å². The number of ether oxygens (including phenoxy) is 1. The van der Waals surface area contributed by atoms with Crippen molar-refractivity contribution in [3.63, 3.8) is 0 Å². The molecule has 6 atom stereocenters. The van der Waals surface area contributed by atoms with Crippen molar-refractivity contribution in [2.75, 3.05) is 19.7 Å². The molecule has 13 heteroatoms. The van der Waals surface area contributed by atoms with Crippen molar-refractivity contribution in [2.45, 2.75) is 155 Å². The Morgan fingerprint density at radius 1 is 0.849 bits per heavy atom. The number of ketones is 1. The van der Waals surface area contributed by atoms with E-state index in [4.69, 9.17) is 4.74 Å². The monoisotopic (exact) mass is 740 g/mol. The van der Waals surface area contributed by atoms with Crippen molar-refractivity contribution in [3.8, 4) is 0 Å². The summed E-state index contributed by atoms with van der Waals surface area (Å²) in [7, 11) is 0. The molecule has 1 heterocycles. The molecule has 6 aliphatic rings. The molecule has 0 aromatic carbocycles. The van der Waals surface area contributed by atoms with Gasteiger partial charge in [0.15, 0.2) is 0 Å². The minimum atomic E-state index is -0.956. The molecule has 13 nitrogen and oxygen atoms in total. The van der Waals surface area contributed by atoms with Crippen LogP contribution in [0.25, 0.3) is 0 Å². The van der Waals surface area contributed by atoms with Crippen molar-refractivity contribution in [3.05, 3.63) is 0 Å². The molecule has 5 N–H and O–H groups in total. The Bertz CT molecular complexity index is 1420. The zero-order chi connectivity index (χ0) is 38.3. The van der Waals surface area contributed by atoms with Crippen LogP contribution < -0.4 is 26.6 Å². The summed E-state index contributed by atoms with van der Waals surface area (Å²) in [5.41, 5.74) is -1.18. The number of piperidine rings is 1. The lowest BCUT2D eigenvalue weighted by atomic mass is 9.70. The number of fused-ring (bicyclic) bond motifs is 1. The number of amides is 6. The minimum absolute atomic E-state index is 0.0210. The van der Waals surface area contributed by atoms with E-state index in [-0.39, 0.29) is 35.8 Å². The van der Waals surface area contributed by atoms with Gasteiger partial charge in [-0.3, -0.25) is 19.2 Å². The standard InChI is InChI=1S/C40H64N6O7/c1-38(2,3)28(22-53-37(52)41-20-24-12-13-24)44-36(51)45-32(40(6)18-8-7-9-19-40)35(50)46-21-26-29(39(26,4)5)30(46)33(48)43-27(17-14-23-10-11-23)31(47)34(49)42-25-15-16-25/h23-30,32H,7-22H2,1-6H3,(H,41,52)(H,42,49)(H,43,48)(H2,44,45,51)/t26-,27?,28+,29?,30-,32?/m0/s1. The van der Waals surface area contributed by atoms with Gasteiger partial charge in [0.1, 0.15) is 18.7 Å². The molecule has 296 valence electrons. The molecule has 3 unspecified atom stereocenters. The Hall–Kier alpha value is -3.38. The summed E-state index contributed by atoms with van der Waals surface area (Å²) < 4.78 is 5.51. The predicted molar refractivity (Wildman–Crippen MR) is 198 cm³/mol. The molecule has 0 aromatic rings. The number of Topliss-reactive ketones (excluding diaryl/α,β-unsaturated/α-hetero) is 1. The highest BCUT2D eigenvalue weighted by atomic mass is 16.5. The van der Waals surface area contributed by atoms with E-state index in [1.54, 1.807) is 4.90 Å². The Morgan fingerprint density at radius 3 is 2.11 bits per heavy atom. The van der Waals surface area contributed by atoms with Crippen molar-refractivity contribution in [1.82, 2.24) is 31.5 Å². The smallest absolute Gasteiger partial charge is 0.407 e. The molecule has 6 rings (SSSR count). The van der Waals surface area contributed by atoms with Crippen molar-refractivity contribution in [1.29, 1.82) is 0 Å². The predicted octanol–water partition coefficient (Wildman–Crippen LogP) is 4.18. The first kappa shape index (κ1) is 39.3. The number of hydrogen-bond donors (Lipinski definition) is 5. The van der Waals surface area contributed by atoms with Crippen LogP contribution in [-0.4, -0.2) is 90.4 Å². The molecule has 5 aliphatic carbocycles. The van der Waals surface area contributed by atoms with Crippen LogP contribution in [-0.2, 0) is 23.9 Å². The fourth-order valence-corrected chi connectivity index (χ4v) is 8.74. The summed E-state index contributed by atoms with van der Waals surface area (Å²) >= 11 is 0. The minimum Gasteiger partial charge on any atom is -0.447 e. The number of nitrogens with one attached hydrogen (secondary N) is 5. The van der Waals surface area contributed by atoms with Gasteiger partial charge in [-0.25, -0.2) is 9.59 Å². The van der Waals surface area contributed by atoms with Gasteiger partial charge in [0, 0.05) is 19.1 Å². The van der Waals surface area contributed by atoms with Crippen LogP contribution in [0.2, 0.25) is 0 Å². The van der Waals surface area contributed by atoms with E-state index in [2.05, 4.69) is 40.4 Å². The van der Waals surface area contributed by atoms with Crippen molar-refractivity contribution < 1.29 is 33.5 Å². The van der Waals surface area contributed by atoms with Crippen LogP contribution >= 0.6 is 0 Å². The fraction of sp³-hybridized carbons (Fsp3) is 0.850. The molecule has 0 radical (unpaired) electrons. The van der Waals surface area contributed by atoms with Crippen LogP contribution in [0.4, 0.5) is 9.59 Å². The lowest BCUT2D eigenvalue weighted by Gasteiger charge is -2.43. The number of alkyl carbamates (subject to hydrolysis) is 1. The van der Waals surface area contributed by atoms with Crippen molar-refractivity contribution >= 4 is 35.6 Å². The lowest BCUT2D eigenvalue weighted by Crippen LogP contribution is -2.63. The van der Waals surface area contributed by atoms with Gasteiger partial charge in [-0.1, -0.05) is 73.6 Å². The number of nitrogens with zero attached hydrogens (tertiary/aromatic N) is 1. The van der Waals surface area contributed by atoms with Gasteiger partial charge in [0.2, 0.25) is 17.6 Å². The van der Waals surface area contributed by atoms with Gasteiger partial charge >= 0.3 is 12.1 Å². The molecular formula is C40H64N6O7. The van der Waals surface area contributed by atoms with Crippen LogP contribution in [0, 0.1) is 39.9 Å². The normalized spacial score (nSPS) is 27.3. The highest BCUT2D eigenvalue weighted by molar-refractivity contribution is 6.38. The number of urea groups is 1. The quantitative estimate of drug-likeness (QED) is 0.148. The third kappa shape index (κ3) is 9.65. The highest BCUT2D eigenvalue weighted by Gasteiger charge is 2.70. The first-order valence-corrected chi connectivity index (χ1v) is 20.4. The van der Waals surface area contributed by atoms with E-state index >= 15 is 0 Å². The Kier molecular flexibility index (Phi) is 11.4. The third-order valence-electron chi connectivity index (χ3n) is 13.3. The fourth-order valence-electron chi connectivity index (χ4n) is 8.74. The van der Waals surface area contributed by atoms with E-state index in [0.29, 0.717) is 31.3 Å². The summed E-state index contributed by atoms with van der Waals surface area (Å²) in [5.74, 6) is -0.986. The van der Waals surface area contributed by atoms with Crippen LogP contribution in [0.15, 0.2) is 0 Å². The molecule has 53 heavy (non-hydrogen) atoms. The van der Waals surface area contributed by atoms with Crippen LogP contribution in [0.1, 0.15) is 125 Å². The van der Waals surface area contributed by atoms with Gasteiger partial charge in [0.05, 0.1) is 12.1 Å². The van der Waals surface area contributed by atoms with Crippen LogP contribution in [0.5, 0.6) is 0 Å². The molecule has 0 spiro atoms. The summed E-state index contributed by atoms with van der Waals surface area (Å²) in [6.07, 6.45) is 11.1. The first-order chi connectivity index (χ1) is 25.0. The number of likely N-dealkylation sites (tertiary alicyclic amines) is 1. The van der Waals surface area contributed by atoms with E-state index in [0.717, 1.165) is 77.0 Å². The van der Waals surface area contributed by atoms with Gasteiger partial charge in [-0.15, -0.1) is 0 Å². The second-order valence-corrected chi connectivity index (χ2v) is 19.2. The Balaban J connectivity index is 1.17. The molecule has 5 saturated carbocycles. The third-order valence-corrected chi connectivity index (χ3v) is 13.3. The maximum absolute atomic E-state index is 14.9. The lowest BCUT2D eigenvalue weighted by molar-refractivity contribution is -0.146. The maximum atomic E-state index is 14.9. The SMILES string of the molecule is CC1(C(NC(=O)N[C@H](COC(=O)NCC2CC2)C(C)(C)C)C(=O)N2C[C@H]3C([C@H]2C(=O)NC(CCC2CC2)C(=O)C(=O)NC2CC2)C3(C)C)CCCCC1. The molecule has 1 saturated heterocycles. The molecule has 0 aromatic heterocycles. The maximum Gasteiger partial charge on any atom is 0.407 e. The molecular weight excluding hydrogens is 676 g/mol. The molecule has 6 amide bonds. The van der Waals surface area contributed by atoms with E-state index in [9.17, 15) is 28.8 Å². The molecule has 0 bridgehead atoms. The Labute approximate surface area is 315 Å². The zero-order valence-corrected chi connectivity index (χ0v) is 32.8. The number of carbonyl (C=O) groups excluding carboxylic acids is 6. The van der Waals surface area contributed by atoms with E-state index in [1.807, 2.05) is 27.7 Å². The topological polar surface area (TPSA) is 175 Å². The number of hydrogen-bond acceptors (Lipinski definition) is 7. The van der Waals surface area contributed by atoms with Gasteiger partial charge < -0.3 is 36.2 Å². The average molecular weight is 741 g/mol. The van der Waals surface area contributed by atoms with Crippen LogP contribution in [0.3, 0.4) is 0 Å². The Morgan fingerprint density at radius 2 is 1.51 bits per heavy atom. The number of carbonyl (C=O) groups is 6. The number of rotatable bonds is 16. The van der Waals surface area contributed by atoms with Gasteiger partial charge in [-0.05, 0) is 91.3 Å². The summed E-state index contributed by atoms with van der Waals surface area (Å²) in [4.78, 5) is 83.4. The zero-order valence-electron chi connectivity index (χ0n) is 32.8. The van der Waals surface area contributed by atoms with Gasteiger partial charge in [0.25, 0.3) is 5.91 Å². The van der Waals surface area contributed by atoms with Gasteiger partial charge in [-0.2, -0.15) is 0 Å². The second-order valence-electron chi connectivity index (χ2n) is 19.2. The van der Waals surface area contributed by atoms with E-state index < -0.39 is 64.7 Å². The first-order valence-electron chi connectivity index (χ1n) is 20.4. The largest absolute Gasteiger partial charge is 0.447 e. The van der Waals surface area contributed by atoms with E-state index in [1.165, 1.54) is 0 Å². The highest BCUT2D eigenvalue weighted by Crippen LogP contribution is 2.65. The molecule has 1 aliphatic heterocycles. The summed E-state index contributed by atoms with van der Waals surface area (Å²) in [6, 6.07) is -3.73. The second kappa shape index (κ2) is 15.4. The summed E-state index contributed by atoms with van der Waals surface area (Å²) in [6.45, 7) is 13.0.